The highest BCUT2D eigenvalue weighted by atomic mass is 16.4. The van der Waals surface area contributed by atoms with E-state index in [1.807, 2.05) is 30.3 Å². The van der Waals surface area contributed by atoms with Crippen LogP contribution in [0, 0.1) is 0 Å². The van der Waals surface area contributed by atoms with E-state index in [-0.39, 0.29) is 11.9 Å². The fraction of sp³-hybridized carbons (Fsp3) is 0.480. The highest BCUT2D eigenvalue weighted by Gasteiger charge is 2.29. The molecule has 2 aromatic rings. The molecule has 1 unspecified atom stereocenters. The Balaban J connectivity index is 1.20. The first-order valence-corrected chi connectivity index (χ1v) is 11.6. The van der Waals surface area contributed by atoms with E-state index in [1.165, 1.54) is 5.56 Å². The fourth-order valence-corrected chi connectivity index (χ4v) is 4.62. The fourth-order valence-electron chi connectivity index (χ4n) is 4.62. The summed E-state index contributed by atoms with van der Waals surface area (Å²) < 4.78 is 0. The van der Waals surface area contributed by atoms with Crippen LogP contribution in [0.25, 0.3) is 0 Å². The minimum atomic E-state index is -0.810. The van der Waals surface area contributed by atoms with Gasteiger partial charge in [-0.1, -0.05) is 36.4 Å². The number of hydrogen-bond donors (Lipinski definition) is 3. The maximum absolute atomic E-state index is 12.4. The number of carbonyl (C=O) groups is 2. The summed E-state index contributed by atoms with van der Waals surface area (Å²) in [5.41, 5.74) is 3.12. The van der Waals surface area contributed by atoms with Gasteiger partial charge in [-0.05, 0) is 49.3 Å². The van der Waals surface area contributed by atoms with Gasteiger partial charge >= 0.3 is 5.97 Å². The molecule has 2 aliphatic rings. The van der Waals surface area contributed by atoms with Gasteiger partial charge < -0.3 is 20.6 Å². The maximum Gasteiger partial charge on any atom is 0.312 e. The van der Waals surface area contributed by atoms with Gasteiger partial charge in [0.05, 0.1) is 5.92 Å². The SMILES string of the molecule is O=C(CCCc1ccc2c(n1)NCCC2)N[C@@H]1CCN(CC(C(=O)O)c2ccccc2)C1. The summed E-state index contributed by atoms with van der Waals surface area (Å²) in [6, 6.07) is 13.7. The van der Waals surface area contributed by atoms with Gasteiger partial charge in [0.15, 0.2) is 0 Å². The molecule has 0 radical (unpaired) electrons. The Kier molecular flexibility index (Phi) is 7.37. The lowest BCUT2D eigenvalue weighted by atomic mass is 9.99. The number of aryl methyl sites for hydroxylation is 2. The Bertz CT molecular complexity index is 934. The molecule has 32 heavy (non-hydrogen) atoms. The Morgan fingerprint density at radius 3 is 2.88 bits per heavy atom. The van der Waals surface area contributed by atoms with Crippen LogP contribution in [0.15, 0.2) is 42.5 Å². The largest absolute Gasteiger partial charge is 0.481 e. The predicted molar refractivity (Wildman–Crippen MR) is 124 cm³/mol. The highest BCUT2D eigenvalue weighted by Crippen LogP contribution is 2.21. The second kappa shape index (κ2) is 10.6. The number of aliphatic carboxylic acids is 1. The zero-order valence-electron chi connectivity index (χ0n) is 18.4. The number of fused-ring (bicyclic) bond motifs is 1. The van der Waals surface area contributed by atoms with Crippen LogP contribution < -0.4 is 10.6 Å². The molecule has 0 spiro atoms. The van der Waals surface area contributed by atoms with E-state index in [1.54, 1.807) is 0 Å². The first-order chi connectivity index (χ1) is 15.6. The van der Waals surface area contributed by atoms with E-state index in [4.69, 9.17) is 4.98 Å². The van der Waals surface area contributed by atoms with E-state index >= 15 is 0 Å². The molecule has 3 heterocycles. The molecule has 7 nitrogen and oxygen atoms in total. The summed E-state index contributed by atoms with van der Waals surface area (Å²) in [4.78, 5) is 31.0. The first-order valence-electron chi connectivity index (χ1n) is 11.6. The molecular formula is C25H32N4O3. The number of rotatable bonds is 9. The minimum absolute atomic E-state index is 0.0609. The van der Waals surface area contributed by atoms with Crippen molar-refractivity contribution < 1.29 is 14.7 Å². The minimum Gasteiger partial charge on any atom is -0.481 e. The van der Waals surface area contributed by atoms with E-state index in [0.29, 0.717) is 19.5 Å². The number of likely N-dealkylation sites (tertiary alicyclic amines) is 1. The average Bonchev–Trinajstić information content (AvgIpc) is 3.24. The van der Waals surface area contributed by atoms with Crippen LogP contribution in [0.3, 0.4) is 0 Å². The Hall–Kier alpha value is -2.93. The van der Waals surface area contributed by atoms with Crippen molar-refractivity contribution in [3.8, 4) is 0 Å². The lowest BCUT2D eigenvalue weighted by Gasteiger charge is -2.21. The Morgan fingerprint density at radius 2 is 2.06 bits per heavy atom. The summed E-state index contributed by atoms with van der Waals surface area (Å²) in [7, 11) is 0. The second-order valence-electron chi connectivity index (χ2n) is 8.81. The number of aromatic nitrogens is 1. The molecule has 1 aromatic carbocycles. The number of benzene rings is 1. The molecule has 2 atom stereocenters. The average molecular weight is 437 g/mol. The van der Waals surface area contributed by atoms with Crippen LogP contribution in [0.5, 0.6) is 0 Å². The zero-order chi connectivity index (χ0) is 22.3. The number of pyridine rings is 1. The Morgan fingerprint density at radius 1 is 1.22 bits per heavy atom. The number of hydrogen-bond acceptors (Lipinski definition) is 5. The number of carbonyl (C=O) groups excluding carboxylic acids is 1. The third-order valence-electron chi connectivity index (χ3n) is 6.37. The lowest BCUT2D eigenvalue weighted by Crippen LogP contribution is -2.38. The molecule has 170 valence electrons. The van der Waals surface area contributed by atoms with Crippen molar-refractivity contribution in [3.05, 3.63) is 59.3 Å². The molecule has 4 rings (SSSR count). The van der Waals surface area contributed by atoms with Crippen LogP contribution in [0.2, 0.25) is 0 Å². The van der Waals surface area contributed by atoms with Crippen molar-refractivity contribution >= 4 is 17.7 Å². The molecule has 1 amide bonds. The van der Waals surface area contributed by atoms with Gasteiger partial charge in [-0.25, -0.2) is 4.98 Å². The Labute approximate surface area is 189 Å². The smallest absolute Gasteiger partial charge is 0.312 e. The molecule has 7 heteroatoms. The van der Waals surface area contributed by atoms with Crippen LogP contribution in [-0.4, -0.2) is 59.1 Å². The molecule has 0 bridgehead atoms. The maximum atomic E-state index is 12.4. The number of anilines is 1. The normalized spacial score (nSPS) is 19.1. The van der Waals surface area contributed by atoms with Crippen LogP contribution in [0.1, 0.15) is 48.4 Å². The highest BCUT2D eigenvalue weighted by molar-refractivity contribution is 5.77. The van der Waals surface area contributed by atoms with Crippen LogP contribution in [0.4, 0.5) is 5.82 Å². The molecule has 1 saturated heterocycles. The molecule has 2 aliphatic heterocycles. The quantitative estimate of drug-likeness (QED) is 0.560. The number of nitrogens with one attached hydrogen (secondary N) is 2. The van der Waals surface area contributed by atoms with Gasteiger partial charge in [-0.3, -0.25) is 9.59 Å². The van der Waals surface area contributed by atoms with Crippen molar-refractivity contribution in [2.24, 2.45) is 0 Å². The van der Waals surface area contributed by atoms with Gasteiger partial charge in [0.25, 0.3) is 0 Å². The molecule has 3 N–H and O–H groups in total. The molecule has 0 saturated carbocycles. The van der Waals surface area contributed by atoms with Crippen molar-refractivity contribution in [2.75, 3.05) is 31.5 Å². The van der Waals surface area contributed by atoms with Crippen LogP contribution >= 0.6 is 0 Å². The van der Waals surface area contributed by atoms with E-state index in [2.05, 4.69) is 27.7 Å². The van der Waals surface area contributed by atoms with Crippen molar-refractivity contribution in [1.29, 1.82) is 0 Å². The van der Waals surface area contributed by atoms with Gasteiger partial charge in [0, 0.05) is 44.3 Å². The van der Waals surface area contributed by atoms with Gasteiger partial charge in [0.1, 0.15) is 5.82 Å². The zero-order valence-corrected chi connectivity index (χ0v) is 18.4. The molecule has 1 fully saturated rings. The summed E-state index contributed by atoms with van der Waals surface area (Å²) in [5, 5.41) is 16.1. The van der Waals surface area contributed by atoms with E-state index in [9.17, 15) is 14.7 Å². The van der Waals surface area contributed by atoms with Crippen molar-refractivity contribution in [1.82, 2.24) is 15.2 Å². The molecule has 0 aliphatic carbocycles. The summed E-state index contributed by atoms with van der Waals surface area (Å²) in [5.74, 6) is -0.302. The van der Waals surface area contributed by atoms with Gasteiger partial charge in [-0.2, -0.15) is 0 Å². The lowest BCUT2D eigenvalue weighted by molar-refractivity contribution is -0.139. The monoisotopic (exact) mass is 436 g/mol. The predicted octanol–water partition coefficient (Wildman–Crippen LogP) is 2.82. The number of carboxylic acid groups (broad SMARTS) is 1. The van der Waals surface area contributed by atoms with Crippen LogP contribution in [-0.2, 0) is 22.4 Å². The standard InChI is InChI=1S/C25H32N4O3/c30-23(10-4-9-20-12-11-19-8-5-14-26-24(19)28-20)27-21-13-15-29(16-21)17-22(25(31)32)18-6-2-1-3-7-18/h1-3,6-7,11-12,21-22H,4-5,8-10,13-17H2,(H,26,28)(H,27,30)(H,31,32)/t21-,22?/m1/s1. The number of nitrogens with zero attached hydrogens (tertiary/aromatic N) is 2. The third-order valence-corrected chi connectivity index (χ3v) is 6.37. The second-order valence-corrected chi connectivity index (χ2v) is 8.81. The van der Waals surface area contributed by atoms with E-state index in [0.717, 1.165) is 62.3 Å². The first kappa shape index (κ1) is 22.3. The van der Waals surface area contributed by atoms with Crippen molar-refractivity contribution in [3.63, 3.8) is 0 Å². The summed E-state index contributed by atoms with van der Waals surface area (Å²) >= 11 is 0. The summed E-state index contributed by atoms with van der Waals surface area (Å²) in [6.45, 7) is 2.93. The molecular weight excluding hydrogens is 404 g/mol. The van der Waals surface area contributed by atoms with Crippen molar-refractivity contribution in [2.45, 2.75) is 50.5 Å². The molecule has 1 aromatic heterocycles. The van der Waals surface area contributed by atoms with Gasteiger partial charge in [0.2, 0.25) is 5.91 Å². The number of carboxylic acids is 1. The topological polar surface area (TPSA) is 94.6 Å². The van der Waals surface area contributed by atoms with Gasteiger partial charge in [-0.15, -0.1) is 0 Å². The third kappa shape index (κ3) is 5.85. The van der Waals surface area contributed by atoms with E-state index < -0.39 is 11.9 Å². The number of amides is 1. The summed E-state index contributed by atoms with van der Waals surface area (Å²) in [6.07, 6.45) is 5.11.